The quantitative estimate of drug-likeness (QED) is 0.818. The van der Waals surface area contributed by atoms with E-state index in [0.717, 1.165) is 38.2 Å². The number of hydrogen-bond donors (Lipinski definition) is 1. The Morgan fingerprint density at radius 2 is 2.24 bits per heavy atom. The summed E-state index contributed by atoms with van der Waals surface area (Å²) in [4.78, 5) is 16.1. The predicted molar refractivity (Wildman–Crippen MR) is 80.4 cm³/mol. The fourth-order valence-electron chi connectivity index (χ4n) is 3.22. The van der Waals surface area contributed by atoms with Crippen LogP contribution in [0.5, 0.6) is 0 Å². The minimum absolute atomic E-state index is 0.109. The molecule has 1 amide bonds. The van der Waals surface area contributed by atoms with E-state index < -0.39 is 0 Å². The number of amides is 1. The molecule has 0 aromatic heterocycles. The van der Waals surface area contributed by atoms with Crippen LogP contribution < -0.4 is 0 Å². The summed E-state index contributed by atoms with van der Waals surface area (Å²) in [6, 6.07) is 8.56. The van der Waals surface area contributed by atoms with Crippen LogP contribution in [0.1, 0.15) is 24.0 Å². The highest BCUT2D eigenvalue weighted by molar-refractivity contribution is 5.78. The van der Waals surface area contributed by atoms with E-state index in [2.05, 4.69) is 28.9 Å². The Hall–Kier alpha value is -1.83. The molecule has 1 aromatic carbocycles. The van der Waals surface area contributed by atoms with E-state index in [0.29, 0.717) is 18.4 Å². The summed E-state index contributed by atoms with van der Waals surface area (Å²) in [6.45, 7) is 3.55. The standard InChI is InChI=1S/C17H20N2O2/c20-10-2-5-14-3-1-4-15(11-14)12-18-8-9-19-16(13-18)6-7-17(19)21/h1,3-4,11,16,20H,6-10,12-13H2. The normalized spacial score (nSPS) is 21.9. The molecule has 1 atom stereocenters. The molecule has 1 aromatic rings. The smallest absolute Gasteiger partial charge is 0.222 e. The first-order valence-electron chi connectivity index (χ1n) is 7.47. The highest BCUT2D eigenvalue weighted by Crippen LogP contribution is 2.23. The number of rotatable bonds is 2. The summed E-state index contributed by atoms with van der Waals surface area (Å²) >= 11 is 0. The van der Waals surface area contributed by atoms with Crippen molar-refractivity contribution >= 4 is 5.91 Å². The van der Waals surface area contributed by atoms with E-state index in [9.17, 15) is 4.79 Å². The summed E-state index contributed by atoms with van der Waals surface area (Å²) < 4.78 is 0. The molecular formula is C17H20N2O2. The lowest BCUT2D eigenvalue weighted by Gasteiger charge is -2.37. The average Bonchev–Trinajstić information content (AvgIpc) is 2.86. The molecular weight excluding hydrogens is 264 g/mol. The summed E-state index contributed by atoms with van der Waals surface area (Å²) in [5.41, 5.74) is 2.17. The summed E-state index contributed by atoms with van der Waals surface area (Å²) in [6.07, 6.45) is 1.71. The van der Waals surface area contributed by atoms with E-state index in [1.807, 2.05) is 17.0 Å². The molecule has 2 aliphatic rings. The van der Waals surface area contributed by atoms with Gasteiger partial charge in [-0.25, -0.2) is 0 Å². The Morgan fingerprint density at radius 1 is 1.33 bits per heavy atom. The van der Waals surface area contributed by atoms with Crippen molar-refractivity contribution in [3.05, 3.63) is 35.4 Å². The monoisotopic (exact) mass is 284 g/mol. The first-order chi connectivity index (χ1) is 10.3. The van der Waals surface area contributed by atoms with Crippen molar-refractivity contribution in [2.24, 2.45) is 0 Å². The zero-order valence-corrected chi connectivity index (χ0v) is 12.1. The third kappa shape index (κ3) is 3.26. The fraction of sp³-hybridized carbons (Fsp3) is 0.471. The van der Waals surface area contributed by atoms with Gasteiger partial charge in [0.2, 0.25) is 5.91 Å². The molecule has 2 aliphatic heterocycles. The van der Waals surface area contributed by atoms with Crippen LogP contribution in [-0.4, -0.2) is 53.1 Å². The van der Waals surface area contributed by atoms with Crippen molar-refractivity contribution in [3.8, 4) is 11.8 Å². The van der Waals surface area contributed by atoms with Crippen molar-refractivity contribution in [2.45, 2.75) is 25.4 Å². The molecule has 0 spiro atoms. The first kappa shape index (κ1) is 14.1. The lowest BCUT2D eigenvalue weighted by Crippen LogP contribution is -2.50. The van der Waals surface area contributed by atoms with Crippen LogP contribution in [-0.2, 0) is 11.3 Å². The minimum atomic E-state index is -0.109. The zero-order valence-electron chi connectivity index (χ0n) is 12.1. The molecule has 0 bridgehead atoms. The largest absolute Gasteiger partial charge is 0.384 e. The summed E-state index contributed by atoms with van der Waals surface area (Å²) in [5.74, 6) is 5.94. The molecule has 2 fully saturated rings. The van der Waals surface area contributed by atoms with E-state index in [1.54, 1.807) is 0 Å². The number of benzene rings is 1. The van der Waals surface area contributed by atoms with Crippen LogP contribution in [0.25, 0.3) is 0 Å². The maximum absolute atomic E-state index is 11.7. The number of hydrogen-bond acceptors (Lipinski definition) is 3. The molecule has 1 unspecified atom stereocenters. The van der Waals surface area contributed by atoms with E-state index >= 15 is 0 Å². The van der Waals surface area contributed by atoms with Gasteiger partial charge >= 0.3 is 0 Å². The van der Waals surface area contributed by atoms with Crippen LogP contribution in [0.3, 0.4) is 0 Å². The van der Waals surface area contributed by atoms with Gasteiger partial charge in [0.1, 0.15) is 6.61 Å². The van der Waals surface area contributed by atoms with Gasteiger partial charge in [-0.1, -0.05) is 24.0 Å². The van der Waals surface area contributed by atoms with Crippen LogP contribution in [0.2, 0.25) is 0 Å². The molecule has 0 radical (unpaired) electrons. The van der Waals surface area contributed by atoms with E-state index in [1.165, 1.54) is 5.56 Å². The number of aliphatic hydroxyl groups excluding tert-OH is 1. The Labute approximate surface area is 125 Å². The van der Waals surface area contributed by atoms with Crippen molar-refractivity contribution in [2.75, 3.05) is 26.2 Å². The number of piperazine rings is 1. The zero-order chi connectivity index (χ0) is 14.7. The molecule has 0 saturated carbocycles. The minimum Gasteiger partial charge on any atom is -0.384 e. The molecule has 4 heteroatoms. The maximum Gasteiger partial charge on any atom is 0.222 e. The summed E-state index contributed by atoms with van der Waals surface area (Å²) in [7, 11) is 0. The molecule has 110 valence electrons. The lowest BCUT2D eigenvalue weighted by atomic mass is 10.1. The maximum atomic E-state index is 11.7. The van der Waals surface area contributed by atoms with Gasteiger partial charge in [0.15, 0.2) is 0 Å². The number of aliphatic hydroxyl groups is 1. The second-order valence-electron chi connectivity index (χ2n) is 5.68. The molecule has 21 heavy (non-hydrogen) atoms. The molecule has 3 rings (SSSR count). The van der Waals surface area contributed by atoms with Crippen molar-refractivity contribution < 1.29 is 9.90 Å². The van der Waals surface area contributed by atoms with Gasteiger partial charge in [-0.15, -0.1) is 0 Å². The third-order valence-corrected chi connectivity index (χ3v) is 4.22. The Kier molecular flexibility index (Phi) is 4.23. The van der Waals surface area contributed by atoms with Crippen LogP contribution in [0.4, 0.5) is 0 Å². The first-order valence-corrected chi connectivity index (χ1v) is 7.47. The summed E-state index contributed by atoms with van der Waals surface area (Å²) in [5, 5.41) is 8.75. The van der Waals surface area contributed by atoms with Gasteiger partial charge in [0.05, 0.1) is 0 Å². The van der Waals surface area contributed by atoms with E-state index in [4.69, 9.17) is 5.11 Å². The van der Waals surface area contributed by atoms with Crippen molar-refractivity contribution in [3.63, 3.8) is 0 Å². The number of nitrogens with zero attached hydrogens (tertiary/aromatic N) is 2. The number of fused-ring (bicyclic) bond motifs is 1. The van der Waals surface area contributed by atoms with Crippen LogP contribution >= 0.6 is 0 Å². The van der Waals surface area contributed by atoms with Crippen LogP contribution in [0.15, 0.2) is 24.3 Å². The highest BCUT2D eigenvalue weighted by Gasteiger charge is 2.35. The lowest BCUT2D eigenvalue weighted by molar-refractivity contribution is -0.130. The van der Waals surface area contributed by atoms with Gasteiger partial charge in [0, 0.05) is 44.2 Å². The van der Waals surface area contributed by atoms with Gasteiger partial charge in [-0.2, -0.15) is 0 Å². The second kappa shape index (κ2) is 6.30. The van der Waals surface area contributed by atoms with Gasteiger partial charge < -0.3 is 10.0 Å². The Bertz CT molecular complexity index is 588. The molecule has 2 heterocycles. The fourth-order valence-corrected chi connectivity index (χ4v) is 3.22. The Morgan fingerprint density at radius 3 is 3.10 bits per heavy atom. The van der Waals surface area contributed by atoms with Crippen molar-refractivity contribution in [1.82, 2.24) is 9.80 Å². The Balaban J connectivity index is 1.63. The van der Waals surface area contributed by atoms with E-state index in [-0.39, 0.29) is 6.61 Å². The SMILES string of the molecule is O=C1CCC2CN(Cc3cccc(C#CCO)c3)CCN12. The second-order valence-corrected chi connectivity index (χ2v) is 5.68. The molecule has 2 saturated heterocycles. The highest BCUT2D eigenvalue weighted by atomic mass is 16.2. The topological polar surface area (TPSA) is 43.8 Å². The number of carbonyl (C=O) groups is 1. The number of carbonyl (C=O) groups excluding carboxylic acids is 1. The predicted octanol–water partition coefficient (Wildman–Crippen LogP) is 0.837. The van der Waals surface area contributed by atoms with Gasteiger partial charge in [-0.3, -0.25) is 9.69 Å². The van der Waals surface area contributed by atoms with Gasteiger partial charge in [0.25, 0.3) is 0 Å². The third-order valence-electron chi connectivity index (χ3n) is 4.22. The van der Waals surface area contributed by atoms with Crippen LogP contribution in [0, 0.1) is 11.8 Å². The average molecular weight is 284 g/mol. The van der Waals surface area contributed by atoms with Gasteiger partial charge in [-0.05, 0) is 24.1 Å². The molecule has 0 aliphatic carbocycles. The molecule has 4 nitrogen and oxygen atoms in total. The molecule has 1 N–H and O–H groups in total. The van der Waals surface area contributed by atoms with Crippen molar-refractivity contribution in [1.29, 1.82) is 0 Å².